The number of carboxylic acid groups (broad SMARTS) is 1. The van der Waals surface area contributed by atoms with Crippen molar-refractivity contribution in [1.29, 1.82) is 0 Å². The average Bonchev–Trinajstić information content (AvgIpc) is 2.69. The van der Waals surface area contributed by atoms with E-state index in [1.165, 1.54) is 0 Å². The third kappa shape index (κ3) is 1.71. The number of aromatic nitrogens is 3. The van der Waals surface area contributed by atoms with E-state index in [1.54, 1.807) is 6.33 Å². The van der Waals surface area contributed by atoms with Crippen molar-refractivity contribution < 1.29 is 9.90 Å². The Hall–Kier alpha value is -1.47. The normalized spacial score (nSPS) is 22.8. The van der Waals surface area contributed by atoms with E-state index < -0.39 is 5.97 Å². The van der Waals surface area contributed by atoms with E-state index >= 15 is 0 Å². The van der Waals surface area contributed by atoms with Gasteiger partial charge in [-0.05, 0) is 0 Å². The molecule has 92 valence electrons. The summed E-state index contributed by atoms with van der Waals surface area (Å²) in [4.78, 5) is 13.2. The zero-order valence-electron chi connectivity index (χ0n) is 9.46. The Morgan fingerprint density at radius 3 is 3.00 bits per heavy atom. The number of rotatable bonds is 3. The molecule has 3 rings (SSSR count). The van der Waals surface area contributed by atoms with E-state index in [4.69, 9.17) is 5.11 Å². The van der Waals surface area contributed by atoms with Crippen LogP contribution in [0.2, 0.25) is 0 Å². The molecule has 1 aromatic rings. The first-order chi connectivity index (χ1) is 8.20. The maximum Gasteiger partial charge on any atom is 0.305 e. The van der Waals surface area contributed by atoms with Gasteiger partial charge in [0, 0.05) is 26.2 Å². The van der Waals surface area contributed by atoms with Crippen molar-refractivity contribution in [3.05, 3.63) is 12.2 Å². The van der Waals surface area contributed by atoms with Crippen LogP contribution in [0, 0.1) is 0 Å². The van der Waals surface area contributed by atoms with Gasteiger partial charge in [0.15, 0.2) is 0 Å². The van der Waals surface area contributed by atoms with E-state index in [2.05, 4.69) is 20.4 Å². The van der Waals surface area contributed by atoms with Gasteiger partial charge in [-0.15, -0.1) is 10.2 Å². The minimum atomic E-state index is -0.737. The summed E-state index contributed by atoms with van der Waals surface area (Å²) in [6.07, 6.45) is 1.92. The van der Waals surface area contributed by atoms with Gasteiger partial charge in [0.2, 0.25) is 0 Å². The Morgan fingerprint density at radius 1 is 1.53 bits per heavy atom. The maximum absolute atomic E-state index is 11.0. The van der Waals surface area contributed by atoms with Gasteiger partial charge in [0.05, 0.1) is 18.5 Å². The van der Waals surface area contributed by atoms with Crippen LogP contribution < -0.4 is 5.32 Å². The molecule has 7 heteroatoms. The molecule has 0 bridgehead atoms. The SMILES string of the molecule is O=C(O)CC1(N2CCn3cnnc3C2)CNC1. The van der Waals surface area contributed by atoms with E-state index in [1.807, 2.05) is 4.57 Å². The number of hydrogen-bond acceptors (Lipinski definition) is 5. The van der Waals surface area contributed by atoms with Crippen molar-refractivity contribution in [3.63, 3.8) is 0 Å². The fourth-order valence-corrected chi connectivity index (χ4v) is 2.63. The third-order valence-corrected chi connectivity index (χ3v) is 3.70. The van der Waals surface area contributed by atoms with E-state index in [9.17, 15) is 4.79 Å². The monoisotopic (exact) mass is 237 g/mol. The number of fused-ring (bicyclic) bond motifs is 1. The van der Waals surface area contributed by atoms with Gasteiger partial charge in [-0.25, -0.2) is 0 Å². The van der Waals surface area contributed by atoms with Crippen molar-refractivity contribution in [1.82, 2.24) is 25.0 Å². The van der Waals surface area contributed by atoms with Gasteiger partial charge in [0.25, 0.3) is 0 Å². The Morgan fingerprint density at radius 2 is 2.35 bits per heavy atom. The van der Waals surface area contributed by atoms with Gasteiger partial charge < -0.3 is 15.0 Å². The van der Waals surface area contributed by atoms with Crippen LogP contribution in [-0.2, 0) is 17.9 Å². The van der Waals surface area contributed by atoms with Crippen LogP contribution in [0.5, 0.6) is 0 Å². The molecule has 1 saturated heterocycles. The quantitative estimate of drug-likeness (QED) is 0.695. The zero-order valence-corrected chi connectivity index (χ0v) is 9.46. The molecule has 0 aliphatic carbocycles. The number of carboxylic acids is 1. The third-order valence-electron chi connectivity index (χ3n) is 3.70. The number of aliphatic carboxylic acids is 1. The molecule has 0 unspecified atom stereocenters. The topological polar surface area (TPSA) is 83.3 Å². The summed E-state index contributed by atoms with van der Waals surface area (Å²) in [5.74, 6) is 0.187. The van der Waals surface area contributed by atoms with Crippen molar-refractivity contribution in [2.45, 2.75) is 25.0 Å². The highest BCUT2D eigenvalue weighted by Crippen LogP contribution is 2.28. The summed E-state index contributed by atoms with van der Waals surface area (Å²) >= 11 is 0. The van der Waals surface area contributed by atoms with Crippen LogP contribution in [0.4, 0.5) is 0 Å². The first-order valence-corrected chi connectivity index (χ1v) is 5.74. The molecule has 0 spiro atoms. The Balaban J connectivity index is 1.78. The van der Waals surface area contributed by atoms with Crippen molar-refractivity contribution >= 4 is 5.97 Å². The molecule has 1 fully saturated rings. The highest BCUT2D eigenvalue weighted by atomic mass is 16.4. The Bertz CT molecular complexity index is 440. The molecule has 17 heavy (non-hydrogen) atoms. The molecule has 0 saturated carbocycles. The molecule has 1 aromatic heterocycles. The molecule has 3 heterocycles. The van der Waals surface area contributed by atoms with Crippen molar-refractivity contribution in [2.75, 3.05) is 19.6 Å². The second kappa shape index (κ2) is 3.78. The Labute approximate surface area is 98.4 Å². The average molecular weight is 237 g/mol. The molecule has 7 nitrogen and oxygen atoms in total. The summed E-state index contributed by atoms with van der Waals surface area (Å²) in [6, 6.07) is 0. The summed E-state index contributed by atoms with van der Waals surface area (Å²) < 4.78 is 2.02. The number of carbonyl (C=O) groups is 1. The van der Waals surface area contributed by atoms with Gasteiger partial charge in [-0.2, -0.15) is 0 Å². The molecule has 0 radical (unpaired) electrons. The molecular weight excluding hydrogens is 222 g/mol. The predicted octanol–water partition coefficient (Wildman–Crippen LogP) is -1.09. The lowest BCUT2D eigenvalue weighted by molar-refractivity contribution is -0.142. The lowest BCUT2D eigenvalue weighted by Crippen LogP contribution is -2.70. The summed E-state index contributed by atoms with van der Waals surface area (Å²) in [7, 11) is 0. The molecule has 2 aliphatic rings. The molecule has 0 amide bonds. The van der Waals surface area contributed by atoms with E-state index in [0.29, 0.717) is 6.54 Å². The van der Waals surface area contributed by atoms with Gasteiger partial charge in [-0.3, -0.25) is 9.69 Å². The van der Waals surface area contributed by atoms with E-state index in [-0.39, 0.29) is 12.0 Å². The molecular formula is C10H15N5O2. The Kier molecular flexibility index (Phi) is 2.37. The maximum atomic E-state index is 11.0. The lowest BCUT2D eigenvalue weighted by atomic mass is 9.86. The van der Waals surface area contributed by atoms with Crippen LogP contribution in [0.25, 0.3) is 0 Å². The fourth-order valence-electron chi connectivity index (χ4n) is 2.63. The van der Waals surface area contributed by atoms with E-state index in [0.717, 1.165) is 32.0 Å². The summed E-state index contributed by atoms with van der Waals surface area (Å²) in [5, 5.41) is 20.1. The van der Waals surface area contributed by atoms with Crippen LogP contribution >= 0.6 is 0 Å². The van der Waals surface area contributed by atoms with Crippen LogP contribution in [-0.4, -0.2) is 55.9 Å². The predicted molar refractivity (Wildman–Crippen MR) is 58.3 cm³/mol. The first kappa shape index (κ1) is 10.7. The molecule has 0 atom stereocenters. The summed E-state index contributed by atoms with van der Waals surface area (Å²) in [5.41, 5.74) is -0.233. The highest BCUT2D eigenvalue weighted by Gasteiger charge is 2.45. The largest absolute Gasteiger partial charge is 0.481 e. The number of hydrogen-bond donors (Lipinski definition) is 2. The summed E-state index contributed by atoms with van der Waals surface area (Å²) in [6.45, 7) is 3.87. The van der Waals surface area contributed by atoms with Crippen LogP contribution in [0.1, 0.15) is 12.2 Å². The van der Waals surface area contributed by atoms with Gasteiger partial charge in [0.1, 0.15) is 12.2 Å². The zero-order chi connectivity index (χ0) is 11.9. The van der Waals surface area contributed by atoms with Crippen LogP contribution in [0.3, 0.4) is 0 Å². The van der Waals surface area contributed by atoms with Gasteiger partial charge in [-0.1, -0.05) is 0 Å². The minimum Gasteiger partial charge on any atom is -0.481 e. The minimum absolute atomic E-state index is 0.189. The standard InChI is InChI=1S/C10H15N5O2/c16-9(17)3-10(5-11-6-10)15-2-1-14-7-12-13-8(14)4-15/h7,11H,1-6H2,(H,16,17). The number of nitrogens with one attached hydrogen (secondary N) is 1. The fraction of sp³-hybridized carbons (Fsp3) is 0.700. The van der Waals surface area contributed by atoms with Crippen LogP contribution in [0.15, 0.2) is 6.33 Å². The molecule has 0 aromatic carbocycles. The number of nitrogens with zero attached hydrogens (tertiary/aromatic N) is 4. The smallest absolute Gasteiger partial charge is 0.305 e. The van der Waals surface area contributed by atoms with Crippen molar-refractivity contribution in [3.8, 4) is 0 Å². The molecule has 2 N–H and O–H groups in total. The molecule has 2 aliphatic heterocycles. The lowest BCUT2D eigenvalue weighted by Gasteiger charge is -2.51. The second-order valence-corrected chi connectivity index (χ2v) is 4.76. The van der Waals surface area contributed by atoms with Crippen molar-refractivity contribution in [2.24, 2.45) is 0 Å². The second-order valence-electron chi connectivity index (χ2n) is 4.76. The first-order valence-electron chi connectivity index (χ1n) is 5.74. The highest BCUT2D eigenvalue weighted by molar-refractivity contribution is 5.68. The van der Waals surface area contributed by atoms with Gasteiger partial charge >= 0.3 is 5.97 Å².